The van der Waals surface area contributed by atoms with E-state index in [1.54, 1.807) is 7.05 Å². The summed E-state index contributed by atoms with van der Waals surface area (Å²) in [5.41, 5.74) is 3.84. The zero-order valence-corrected chi connectivity index (χ0v) is 20.4. The molecule has 29 heavy (non-hydrogen) atoms. The fourth-order valence-corrected chi connectivity index (χ4v) is 2.98. The molecule has 0 aliphatic carbocycles. The van der Waals surface area contributed by atoms with Crippen LogP contribution in [-0.4, -0.2) is 45.2 Å². The first-order chi connectivity index (χ1) is 13.6. The van der Waals surface area contributed by atoms with Gasteiger partial charge in [-0.05, 0) is 44.1 Å². The normalized spacial score (nSPS) is 12.4. The van der Waals surface area contributed by atoms with Gasteiger partial charge in [0.1, 0.15) is 0 Å². The maximum absolute atomic E-state index is 5.92. The molecule has 160 valence electrons. The van der Waals surface area contributed by atoms with Crippen molar-refractivity contribution in [2.24, 2.45) is 4.99 Å². The van der Waals surface area contributed by atoms with Crippen LogP contribution in [-0.2, 0) is 17.8 Å². The number of aliphatic imine (C=N–C) groups is 1. The summed E-state index contributed by atoms with van der Waals surface area (Å²) in [7, 11) is 5.98. The topological polar surface area (TPSA) is 48.9 Å². The zero-order valence-electron chi connectivity index (χ0n) is 18.0. The van der Waals surface area contributed by atoms with Gasteiger partial charge in [0, 0.05) is 33.3 Å². The summed E-state index contributed by atoms with van der Waals surface area (Å²) < 4.78 is 5.92. The van der Waals surface area contributed by atoms with Crippen LogP contribution in [0.4, 0.5) is 0 Å². The largest absolute Gasteiger partial charge is 0.374 e. The van der Waals surface area contributed by atoms with Gasteiger partial charge in [-0.25, -0.2) is 0 Å². The molecule has 0 radical (unpaired) electrons. The highest BCUT2D eigenvalue weighted by molar-refractivity contribution is 14.0. The van der Waals surface area contributed by atoms with Crippen molar-refractivity contribution < 1.29 is 4.74 Å². The molecule has 2 aromatic rings. The van der Waals surface area contributed by atoms with Gasteiger partial charge in [0.15, 0.2) is 5.96 Å². The van der Waals surface area contributed by atoms with Crippen LogP contribution >= 0.6 is 24.0 Å². The Morgan fingerprint density at radius 2 is 1.66 bits per heavy atom. The molecular formula is C23H35IN4O. The lowest BCUT2D eigenvalue weighted by Crippen LogP contribution is -2.37. The van der Waals surface area contributed by atoms with Crippen LogP contribution in [0.25, 0.3) is 0 Å². The molecule has 0 saturated carbocycles. The predicted molar refractivity (Wildman–Crippen MR) is 133 cm³/mol. The Bertz CT molecular complexity index is 722. The van der Waals surface area contributed by atoms with Crippen molar-refractivity contribution in [2.75, 3.05) is 34.3 Å². The first-order valence-electron chi connectivity index (χ1n) is 9.92. The lowest BCUT2D eigenvalue weighted by Gasteiger charge is -2.17. The number of ether oxygens (including phenoxy) is 1. The standard InChI is InChI=1S/C23H34N4O.HI/c1-19(20-11-6-5-7-12-20)28-16-10-15-25-23(24-2)26-17-21-13-8-9-14-22(21)18-27(3)4;/h5-9,11-14,19H,10,15-18H2,1-4H3,(H2,24,25,26);1H. The number of hydrogen-bond donors (Lipinski definition) is 2. The van der Waals surface area contributed by atoms with Crippen LogP contribution < -0.4 is 10.6 Å². The van der Waals surface area contributed by atoms with Gasteiger partial charge >= 0.3 is 0 Å². The Labute approximate surface area is 193 Å². The molecule has 0 aliphatic heterocycles. The van der Waals surface area contributed by atoms with E-state index in [-0.39, 0.29) is 30.1 Å². The van der Waals surface area contributed by atoms with E-state index in [1.807, 2.05) is 18.2 Å². The predicted octanol–water partition coefficient (Wildman–Crippen LogP) is 4.20. The number of guanidine groups is 1. The quantitative estimate of drug-likeness (QED) is 0.218. The Balaban J connectivity index is 0.00000420. The lowest BCUT2D eigenvalue weighted by molar-refractivity contribution is 0.0646. The number of nitrogens with zero attached hydrogens (tertiary/aromatic N) is 2. The monoisotopic (exact) mass is 510 g/mol. The summed E-state index contributed by atoms with van der Waals surface area (Å²) in [5.74, 6) is 0.816. The number of benzene rings is 2. The third kappa shape index (κ3) is 9.60. The lowest BCUT2D eigenvalue weighted by atomic mass is 10.1. The average Bonchev–Trinajstić information content (AvgIpc) is 2.71. The number of nitrogens with one attached hydrogen (secondary N) is 2. The van der Waals surface area contributed by atoms with Crippen LogP contribution in [0, 0.1) is 0 Å². The zero-order chi connectivity index (χ0) is 20.2. The third-order valence-corrected chi connectivity index (χ3v) is 4.53. The van der Waals surface area contributed by atoms with Gasteiger partial charge in [0.2, 0.25) is 0 Å². The van der Waals surface area contributed by atoms with Crippen molar-refractivity contribution >= 4 is 29.9 Å². The van der Waals surface area contributed by atoms with E-state index in [1.165, 1.54) is 16.7 Å². The average molecular weight is 510 g/mol. The van der Waals surface area contributed by atoms with Crippen molar-refractivity contribution in [1.29, 1.82) is 0 Å². The van der Waals surface area contributed by atoms with Gasteiger partial charge in [-0.3, -0.25) is 4.99 Å². The van der Waals surface area contributed by atoms with E-state index in [9.17, 15) is 0 Å². The van der Waals surface area contributed by atoms with E-state index in [2.05, 4.69) is 77.9 Å². The first kappa shape index (κ1) is 25.4. The highest BCUT2D eigenvalue weighted by Crippen LogP contribution is 2.15. The molecule has 0 heterocycles. The number of hydrogen-bond acceptors (Lipinski definition) is 3. The fraction of sp³-hybridized carbons (Fsp3) is 0.435. The molecule has 5 nitrogen and oxygen atoms in total. The van der Waals surface area contributed by atoms with Crippen molar-refractivity contribution in [1.82, 2.24) is 15.5 Å². The Hall–Kier alpha value is -1.64. The van der Waals surface area contributed by atoms with Crippen LogP contribution in [0.1, 0.15) is 36.1 Å². The van der Waals surface area contributed by atoms with Gasteiger partial charge in [0.25, 0.3) is 0 Å². The summed E-state index contributed by atoms with van der Waals surface area (Å²) >= 11 is 0. The highest BCUT2D eigenvalue weighted by Gasteiger charge is 2.06. The van der Waals surface area contributed by atoms with E-state index in [0.717, 1.165) is 32.0 Å². The second-order valence-electron chi connectivity index (χ2n) is 7.14. The second kappa shape index (κ2) is 14.4. The van der Waals surface area contributed by atoms with Crippen LogP contribution in [0.2, 0.25) is 0 Å². The summed E-state index contributed by atoms with van der Waals surface area (Å²) in [6.07, 6.45) is 1.04. The molecule has 6 heteroatoms. The molecule has 0 amide bonds. The summed E-state index contributed by atoms with van der Waals surface area (Å²) in [4.78, 5) is 6.50. The van der Waals surface area contributed by atoms with Gasteiger partial charge in [0.05, 0.1) is 6.10 Å². The fourth-order valence-electron chi connectivity index (χ4n) is 2.98. The Morgan fingerprint density at radius 3 is 2.31 bits per heavy atom. The third-order valence-electron chi connectivity index (χ3n) is 4.53. The highest BCUT2D eigenvalue weighted by atomic mass is 127. The van der Waals surface area contributed by atoms with Crippen molar-refractivity contribution in [3.8, 4) is 0 Å². The SMILES string of the molecule is CN=C(NCCCOC(C)c1ccccc1)NCc1ccccc1CN(C)C.I. The molecule has 0 aliphatic rings. The minimum Gasteiger partial charge on any atom is -0.374 e. The molecule has 2 aromatic carbocycles. The molecule has 1 unspecified atom stereocenters. The molecule has 0 bridgehead atoms. The first-order valence-corrected chi connectivity index (χ1v) is 9.92. The van der Waals surface area contributed by atoms with E-state index >= 15 is 0 Å². The second-order valence-corrected chi connectivity index (χ2v) is 7.14. The van der Waals surface area contributed by atoms with Crippen LogP contribution in [0.5, 0.6) is 0 Å². The number of rotatable bonds is 10. The van der Waals surface area contributed by atoms with E-state index < -0.39 is 0 Å². The molecule has 0 spiro atoms. The van der Waals surface area contributed by atoms with Gasteiger partial charge in [-0.2, -0.15) is 0 Å². The molecule has 0 fully saturated rings. The molecule has 1 atom stereocenters. The molecule has 0 aromatic heterocycles. The molecule has 2 rings (SSSR count). The molecular weight excluding hydrogens is 475 g/mol. The van der Waals surface area contributed by atoms with Gasteiger partial charge in [-0.15, -0.1) is 24.0 Å². The van der Waals surface area contributed by atoms with Gasteiger partial charge < -0.3 is 20.3 Å². The van der Waals surface area contributed by atoms with Crippen LogP contribution in [0.15, 0.2) is 59.6 Å². The summed E-state index contributed by atoms with van der Waals surface area (Å²) in [5, 5.41) is 6.77. The maximum atomic E-state index is 5.92. The smallest absolute Gasteiger partial charge is 0.191 e. The van der Waals surface area contributed by atoms with Crippen molar-refractivity contribution in [2.45, 2.75) is 32.5 Å². The van der Waals surface area contributed by atoms with Gasteiger partial charge in [-0.1, -0.05) is 54.6 Å². The van der Waals surface area contributed by atoms with E-state index in [0.29, 0.717) is 6.61 Å². The van der Waals surface area contributed by atoms with Crippen molar-refractivity contribution in [3.05, 3.63) is 71.3 Å². The minimum absolute atomic E-state index is 0. The van der Waals surface area contributed by atoms with Crippen LogP contribution in [0.3, 0.4) is 0 Å². The van der Waals surface area contributed by atoms with E-state index in [4.69, 9.17) is 4.74 Å². The van der Waals surface area contributed by atoms with Crippen molar-refractivity contribution in [3.63, 3.8) is 0 Å². The molecule has 0 saturated heterocycles. The summed E-state index contributed by atoms with van der Waals surface area (Å²) in [6, 6.07) is 18.8. The number of halogens is 1. The maximum Gasteiger partial charge on any atom is 0.191 e. The molecule has 2 N–H and O–H groups in total. The summed E-state index contributed by atoms with van der Waals surface area (Å²) in [6.45, 7) is 5.31. The Morgan fingerprint density at radius 1 is 1.00 bits per heavy atom. The Kier molecular flexibility index (Phi) is 12.6. The minimum atomic E-state index is 0.